The van der Waals surface area contributed by atoms with Gasteiger partial charge in [-0.25, -0.2) is 0 Å². The van der Waals surface area contributed by atoms with Gasteiger partial charge in [-0.1, -0.05) is 12.1 Å². The van der Waals surface area contributed by atoms with Gasteiger partial charge in [0, 0.05) is 24.7 Å². The molecule has 0 radical (unpaired) electrons. The number of hydrogen-bond donors (Lipinski definition) is 2. The second-order valence-electron chi connectivity index (χ2n) is 6.57. The van der Waals surface area contributed by atoms with Crippen LogP contribution in [0, 0.1) is 0 Å². The molecule has 26 heavy (non-hydrogen) atoms. The molecule has 1 fully saturated rings. The van der Waals surface area contributed by atoms with Crippen molar-refractivity contribution >= 4 is 5.91 Å². The minimum Gasteiger partial charge on any atom is -0.497 e. The highest BCUT2D eigenvalue weighted by atomic mass is 16.5. The molecular weight excluding hydrogens is 328 g/mol. The van der Waals surface area contributed by atoms with Gasteiger partial charge in [0.25, 0.3) is 5.91 Å². The van der Waals surface area contributed by atoms with Crippen molar-refractivity contribution in [3.63, 3.8) is 0 Å². The second kappa shape index (κ2) is 8.72. The quantitative estimate of drug-likeness (QED) is 0.837. The number of nitrogens with one attached hydrogen (secondary N) is 2. The standard InChI is InChI=1S/C21H26N2O3/c1-25-19-10-15(11-20(12-19)26-2)13-23-21(24)17-7-5-16(6-8-17)18-4-3-9-22-14-18/h5-8,10-12,18,22H,3-4,9,13-14H2,1-2H3,(H,23,24)/t18-/m0/s1. The molecule has 1 aliphatic heterocycles. The van der Waals surface area contributed by atoms with Gasteiger partial charge < -0.3 is 20.1 Å². The van der Waals surface area contributed by atoms with Crippen LogP contribution in [0.3, 0.4) is 0 Å². The van der Waals surface area contributed by atoms with E-state index in [0.717, 1.165) is 18.7 Å². The lowest BCUT2D eigenvalue weighted by Gasteiger charge is -2.23. The van der Waals surface area contributed by atoms with Gasteiger partial charge in [-0.05, 0) is 60.7 Å². The van der Waals surface area contributed by atoms with Crippen LogP contribution >= 0.6 is 0 Å². The maximum absolute atomic E-state index is 12.4. The fourth-order valence-electron chi connectivity index (χ4n) is 3.30. The Morgan fingerprint density at radius 2 is 1.81 bits per heavy atom. The topological polar surface area (TPSA) is 59.6 Å². The SMILES string of the molecule is COc1cc(CNC(=O)c2ccc([C@H]3CCCNC3)cc2)cc(OC)c1. The molecule has 1 amide bonds. The van der Waals surface area contributed by atoms with E-state index in [4.69, 9.17) is 9.47 Å². The van der Waals surface area contributed by atoms with Crippen LogP contribution in [-0.4, -0.2) is 33.2 Å². The largest absolute Gasteiger partial charge is 0.497 e. The fraction of sp³-hybridized carbons (Fsp3) is 0.381. The first-order valence-corrected chi connectivity index (χ1v) is 9.00. The number of benzene rings is 2. The van der Waals surface area contributed by atoms with Crippen molar-refractivity contribution < 1.29 is 14.3 Å². The molecule has 5 heteroatoms. The summed E-state index contributed by atoms with van der Waals surface area (Å²) < 4.78 is 10.5. The van der Waals surface area contributed by atoms with Crippen LogP contribution in [-0.2, 0) is 6.54 Å². The zero-order valence-electron chi connectivity index (χ0n) is 15.4. The number of methoxy groups -OCH3 is 2. The van der Waals surface area contributed by atoms with Crippen molar-refractivity contribution in [2.45, 2.75) is 25.3 Å². The third kappa shape index (κ3) is 4.55. The van der Waals surface area contributed by atoms with Gasteiger partial charge in [-0.15, -0.1) is 0 Å². The second-order valence-corrected chi connectivity index (χ2v) is 6.57. The monoisotopic (exact) mass is 354 g/mol. The van der Waals surface area contributed by atoms with Crippen molar-refractivity contribution in [1.29, 1.82) is 0 Å². The van der Waals surface area contributed by atoms with Crippen LogP contribution in [0.1, 0.15) is 40.2 Å². The van der Waals surface area contributed by atoms with Crippen LogP contribution in [0.15, 0.2) is 42.5 Å². The van der Waals surface area contributed by atoms with E-state index in [1.54, 1.807) is 14.2 Å². The molecule has 138 valence electrons. The summed E-state index contributed by atoms with van der Waals surface area (Å²) in [5, 5.41) is 6.38. The van der Waals surface area contributed by atoms with E-state index in [1.165, 1.54) is 18.4 Å². The third-order valence-corrected chi connectivity index (χ3v) is 4.81. The molecule has 1 aliphatic rings. The van der Waals surface area contributed by atoms with Crippen LogP contribution in [0.4, 0.5) is 0 Å². The van der Waals surface area contributed by atoms with Gasteiger partial charge in [0.15, 0.2) is 0 Å². The first kappa shape index (κ1) is 18.3. The Labute approximate surface area is 154 Å². The first-order chi connectivity index (χ1) is 12.7. The highest BCUT2D eigenvalue weighted by molar-refractivity contribution is 5.94. The Hall–Kier alpha value is -2.53. The lowest BCUT2D eigenvalue weighted by atomic mass is 9.91. The number of rotatable bonds is 6. The summed E-state index contributed by atoms with van der Waals surface area (Å²) in [6.07, 6.45) is 2.41. The van der Waals surface area contributed by atoms with Crippen LogP contribution in [0.25, 0.3) is 0 Å². The molecule has 1 heterocycles. The zero-order valence-corrected chi connectivity index (χ0v) is 15.4. The smallest absolute Gasteiger partial charge is 0.251 e. The lowest BCUT2D eigenvalue weighted by Crippen LogP contribution is -2.28. The number of carbonyl (C=O) groups is 1. The van der Waals surface area contributed by atoms with E-state index in [0.29, 0.717) is 29.5 Å². The van der Waals surface area contributed by atoms with E-state index in [1.807, 2.05) is 30.3 Å². The fourth-order valence-corrected chi connectivity index (χ4v) is 3.30. The van der Waals surface area contributed by atoms with Gasteiger partial charge in [0.1, 0.15) is 11.5 Å². The molecular formula is C21H26N2O3. The van der Waals surface area contributed by atoms with Crippen molar-refractivity contribution in [2.24, 2.45) is 0 Å². The molecule has 1 saturated heterocycles. The van der Waals surface area contributed by atoms with Crippen molar-refractivity contribution in [3.05, 3.63) is 59.2 Å². The molecule has 0 aromatic heterocycles. The minimum absolute atomic E-state index is 0.0832. The highest BCUT2D eigenvalue weighted by Gasteiger charge is 2.15. The zero-order chi connectivity index (χ0) is 18.4. The van der Waals surface area contributed by atoms with Crippen molar-refractivity contribution in [1.82, 2.24) is 10.6 Å². The van der Waals surface area contributed by atoms with E-state index in [2.05, 4.69) is 22.8 Å². The van der Waals surface area contributed by atoms with Gasteiger partial charge in [-0.2, -0.15) is 0 Å². The molecule has 0 aliphatic carbocycles. The van der Waals surface area contributed by atoms with Crippen LogP contribution < -0.4 is 20.1 Å². The molecule has 0 saturated carbocycles. The molecule has 1 atom stereocenters. The lowest BCUT2D eigenvalue weighted by molar-refractivity contribution is 0.0951. The Balaban J connectivity index is 1.61. The summed E-state index contributed by atoms with van der Waals surface area (Å²) in [4.78, 5) is 12.4. The average Bonchev–Trinajstić information content (AvgIpc) is 2.72. The van der Waals surface area contributed by atoms with E-state index >= 15 is 0 Å². The average molecular weight is 354 g/mol. The molecule has 3 rings (SSSR count). The Kier molecular flexibility index (Phi) is 6.12. The molecule has 0 bridgehead atoms. The predicted octanol–water partition coefficient (Wildman–Crippen LogP) is 3.10. The molecule has 5 nitrogen and oxygen atoms in total. The maximum Gasteiger partial charge on any atom is 0.251 e. The van der Waals surface area contributed by atoms with Crippen molar-refractivity contribution in [3.8, 4) is 11.5 Å². The summed E-state index contributed by atoms with van der Waals surface area (Å²) >= 11 is 0. The third-order valence-electron chi connectivity index (χ3n) is 4.81. The summed E-state index contributed by atoms with van der Waals surface area (Å²) in [7, 11) is 3.22. The predicted molar refractivity (Wildman–Crippen MR) is 102 cm³/mol. The number of piperidine rings is 1. The van der Waals surface area contributed by atoms with Crippen molar-refractivity contribution in [2.75, 3.05) is 27.3 Å². The van der Waals surface area contributed by atoms with Gasteiger partial charge >= 0.3 is 0 Å². The minimum atomic E-state index is -0.0832. The van der Waals surface area contributed by atoms with Gasteiger partial charge in [0.05, 0.1) is 14.2 Å². The summed E-state index contributed by atoms with van der Waals surface area (Å²) in [6.45, 7) is 2.54. The van der Waals surface area contributed by atoms with E-state index in [-0.39, 0.29) is 5.91 Å². The highest BCUT2D eigenvalue weighted by Crippen LogP contribution is 2.24. The summed E-state index contributed by atoms with van der Waals surface area (Å²) in [5.74, 6) is 1.88. The molecule has 0 spiro atoms. The Morgan fingerprint density at radius 3 is 2.38 bits per heavy atom. The maximum atomic E-state index is 12.4. The number of ether oxygens (including phenoxy) is 2. The Morgan fingerprint density at radius 1 is 1.12 bits per heavy atom. The van der Waals surface area contributed by atoms with Gasteiger partial charge in [0.2, 0.25) is 0 Å². The number of amides is 1. The van der Waals surface area contributed by atoms with E-state index < -0.39 is 0 Å². The molecule has 2 aromatic carbocycles. The summed E-state index contributed by atoms with van der Waals surface area (Å²) in [5.41, 5.74) is 2.90. The molecule has 2 aromatic rings. The molecule has 0 unspecified atom stereocenters. The first-order valence-electron chi connectivity index (χ1n) is 9.00. The molecule has 2 N–H and O–H groups in total. The number of hydrogen-bond acceptors (Lipinski definition) is 4. The van der Waals surface area contributed by atoms with Crippen LogP contribution in [0.2, 0.25) is 0 Å². The Bertz CT molecular complexity index is 715. The number of carbonyl (C=O) groups excluding carboxylic acids is 1. The van der Waals surface area contributed by atoms with Gasteiger partial charge in [-0.3, -0.25) is 4.79 Å². The van der Waals surface area contributed by atoms with Crippen LogP contribution in [0.5, 0.6) is 11.5 Å². The summed E-state index contributed by atoms with van der Waals surface area (Å²) in [6, 6.07) is 13.5. The normalized spacial score (nSPS) is 16.8. The van der Waals surface area contributed by atoms with E-state index in [9.17, 15) is 4.79 Å².